The van der Waals surface area contributed by atoms with Crippen LogP contribution in [0, 0.1) is 6.92 Å². The third-order valence-electron chi connectivity index (χ3n) is 2.19. The Kier molecular flexibility index (Phi) is 2.57. The zero-order chi connectivity index (χ0) is 9.10. The van der Waals surface area contributed by atoms with Gasteiger partial charge in [-0.3, -0.25) is 4.98 Å². The molecule has 70 valence electrons. The number of morpholine rings is 1. The first-order valence-corrected chi connectivity index (χ1v) is 4.61. The van der Waals surface area contributed by atoms with E-state index < -0.39 is 0 Å². The second-order valence-electron chi connectivity index (χ2n) is 3.32. The Morgan fingerprint density at radius 3 is 3.23 bits per heavy atom. The van der Waals surface area contributed by atoms with Crippen molar-refractivity contribution in [2.75, 3.05) is 19.7 Å². The number of rotatable bonds is 1. The highest BCUT2D eigenvalue weighted by Crippen LogP contribution is 2.16. The largest absolute Gasteiger partial charge is 0.369 e. The van der Waals surface area contributed by atoms with Crippen molar-refractivity contribution >= 4 is 0 Å². The van der Waals surface area contributed by atoms with Crippen molar-refractivity contribution in [2.24, 2.45) is 0 Å². The second kappa shape index (κ2) is 3.85. The molecular formula is C10H14N2O. The zero-order valence-corrected chi connectivity index (χ0v) is 7.79. The van der Waals surface area contributed by atoms with Gasteiger partial charge >= 0.3 is 0 Å². The minimum atomic E-state index is 0.133. The van der Waals surface area contributed by atoms with Gasteiger partial charge in [0, 0.05) is 19.3 Å². The van der Waals surface area contributed by atoms with Crippen LogP contribution in [-0.2, 0) is 4.74 Å². The van der Waals surface area contributed by atoms with Crippen molar-refractivity contribution in [1.82, 2.24) is 10.3 Å². The molecule has 0 aromatic carbocycles. The number of nitrogens with one attached hydrogen (secondary N) is 1. The molecule has 1 aliphatic rings. The fraction of sp³-hybridized carbons (Fsp3) is 0.500. The van der Waals surface area contributed by atoms with E-state index in [0.717, 1.165) is 25.4 Å². The third-order valence-corrected chi connectivity index (χ3v) is 2.19. The van der Waals surface area contributed by atoms with Crippen LogP contribution in [0.5, 0.6) is 0 Å². The molecule has 1 saturated heterocycles. The fourth-order valence-electron chi connectivity index (χ4n) is 1.49. The zero-order valence-electron chi connectivity index (χ0n) is 7.79. The Bertz CT molecular complexity index is 282. The van der Waals surface area contributed by atoms with Gasteiger partial charge in [-0.2, -0.15) is 0 Å². The number of hydrogen-bond donors (Lipinski definition) is 1. The molecule has 1 atom stereocenters. The Morgan fingerprint density at radius 2 is 2.54 bits per heavy atom. The van der Waals surface area contributed by atoms with Gasteiger partial charge in [0.15, 0.2) is 0 Å². The predicted octanol–water partition coefficient (Wildman–Crippen LogP) is 1.05. The van der Waals surface area contributed by atoms with Crippen LogP contribution in [0.25, 0.3) is 0 Å². The summed E-state index contributed by atoms with van der Waals surface area (Å²) in [5, 5.41) is 3.29. The molecule has 1 unspecified atom stereocenters. The summed E-state index contributed by atoms with van der Waals surface area (Å²) in [6.07, 6.45) is 1.97. The van der Waals surface area contributed by atoms with Crippen LogP contribution in [-0.4, -0.2) is 24.7 Å². The van der Waals surface area contributed by atoms with Crippen molar-refractivity contribution in [3.8, 4) is 0 Å². The smallest absolute Gasteiger partial charge is 0.112 e. The van der Waals surface area contributed by atoms with Crippen LogP contribution in [0.15, 0.2) is 18.3 Å². The number of ether oxygens (including phenoxy) is 1. The highest BCUT2D eigenvalue weighted by atomic mass is 16.5. The van der Waals surface area contributed by atoms with Gasteiger partial charge in [-0.1, -0.05) is 0 Å². The summed E-state index contributed by atoms with van der Waals surface area (Å²) in [6.45, 7) is 4.67. The summed E-state index contributed by atoms with van der Waals surface area (Å²) >= 11 is 0. The Morgan fingerprint density at radius 1 is 1.62 bits per heavy atom. The van der Waals surface area contributed by atoms with Gasteiger partial charge in [-0.05, 0) is 24.6 Å². The first-order valence-electron chi connectivity index (χ1n) is 4.61. The summed E-state index contributed by atoms with van der Waals surface area (Å²) in [4.78, 5) is 4.30. The average Bonchev–Trinajstić information content (AvgIpc) is 2.19. The Balaban J connectivity index is 2.14. The minimum Gasteiger partial charge on any atom is -0.369 e. The van der Waals surface area contributed by atoms with E-state index >= 15 is 0 Å². The molecule has 2 rings (SSSR count). The predicted molar refractivity (Wildman–Crippen MR) is 50.5 cm³/mol. The van der Waals surface area contributed by atoms with E-state index in [9.17, 15) is 0 Å². The van der Waals surface area contributed by atoms with E-state index in [2.05, 4.69) is 23.3 Å². The third kappa shape index (κ3) is 2.05. The van der Waals surface area contributed by atoms with Crippen molar-refractivity contribution < 1.29 is 4.74 Å². The lowest BCUT2D eigenvalue weighted by Crippen LogP contribution is -2.33. The minimum absolute atomic E-state index is 0.133. The van der Waals surface area contributed by atoms with Crippen LogP contribution < -0.4 is 5.32 Å². The maximum Gasteiger partial charge on any atom is 0.112 e. The highest BCUT2D eigenvalue weighted by Gasteiger charge is 2.16. The maximum absolute atomic E-state index is 5.59. The number of aryl methyl sites for hydroxylation is 1. The lowest BCUT2D eigenvalue weighted by molar-refractivity contribution is 0.0250. The monoisotopic (exact) mass is 178 g/mol. The molecule has 3 heteroatoms. The molecule has 0 aliphatic carbocycles. The van der Waals surface area contributed by atoms with Crippen molar-refractivity contribution in [3.05, 3.63) is 29.6 Å². The van der Waals surface area contributed by atoms with Crippen molar-refractivity contribution in [1.29, 1.82) is 0 Å². The van der Waals surface area contributed by atoms with E-state index in [-0.39, 0.29) is 6.10 Å². The first-order chi connectivity index (χ1) is 6.36. The molecule has 0 spiro atoms. The summed E-state index contributed by atoms with van der Waals surface area (Å²) < 4.78 is 5.59. The molecule has 1 aromatic heterocycles. The summed E-state index contributed by atoms with van der Waals surface area (Å²) in [5.41, 5.74) is 2.27. The number of hydrogen-bond acceptors (Lipinski definition) is 3. The number of aromatic nitrogens is 1. The molecule has 3 nitrogen and oxygen atoms in total. The lowest BCUT2D eigenvalue weighted by Gasteiger charge is -2.23. The summed E-state index contributed by atoms with van der Waals surface area (Å²) in [6, 6.07) is 4.08. The maximum atomic E-state index is 5.59. The van der Waals surface area contributed by atoms with Crippen molar-refractivity contribution in [2.45, 2.75) is 13.0 Å². The quantitative estimate of drug-likeness (QED) is 0.698. The summed E-state index contributed by atoms with van der Waals surface area (Å²) in [7, 11) is 0. The molecule has 0 saturated carbocycles. The van der Waals surface area contributed by atoms with Gasteiger partial charge in [-0.25, -0.2) is 0 Å². The summed E-state index contributed by atoms with van der Waals surface area (Å²) in [5.74, 6) is 0. The van der Waals surface area contributed by atoms with Gasteiger partial charge in [0.1, 0.15) is 6.10 Å². The molecule has 0 bridgehead atoms. The van der Waals surface area contributed by atoms with E-state index in [1.807, 2.05) is 12.3 Å². The standard InChI is InChI=1S/C10H14N2O/c1-8-2-3-12-9(6-8)10-7-11-4-5-13-10/h2-3,6,10-11H,4-5,7H2,1H3. The SMILES string of the molecule is Cc1ccnc(C2CNCCO2)c1. The number of nitrogens with zero attached hydrogens (tertiary/aromatic N) is 1. The molecule has 1 fully saturated rings. The van der Waals surface area contributed by atoms with Gasteiger partial charge in [0.25, 0.3) is 0 Å². The normalized spacial score (nSPS) is 23.0. The Hall–Kier alpha value is -0.930. The topological polar surface area (TPSA) is 34.2 Å². The fourth-order valence-corrected chi connectivity index (χ4v) is 1.49. The molecule has 1 aliphatic heterocycles. The lowest BCUT2D eigenvalue weighted by atomic mass is 10.1. The number of pyridine rings is 1. The second-order valence-corrected chi connectivity index (χ2v) is 3.32. The molecule has 1 aromatic rings. The Labute approximate surface area is 78.1 Å². The van der Waals surface area contributed by atoms with Gasteiger partial charge in [0.05, 0.1) is 12.3 Å². The van der Waals surface area contributed by atoms with Crippen molar-refractivity contribution in [3.63, 3.8) is 0 Å². The molecule has 1 N–H and O–H groups in total. The van der Waals surface area contributed by atoms with Gasteiger partial charge in [-0.15, -0.1) is 0 Å². The van der Waals surface area contributed by atoms with Gasteiger partial charge in [0.2, 0.25) is 0 Å². The average molecular weight is 178 g/mol. The van der Waals surface area contributed by atoms with E-state index in [0.29, 0.717) is 0 Å². The van der Waals surface area contributed by atoms with Gasteiger partial charge < -0.3 is 10.1 Å². The first kappa shape index (κ1) is 8.66. The van der Waals surface area contributed by atoms with Crippen LogP contribution in [0.2, 0.25) is 0 Å². The van der Waals surface area contributed by atoms with Crippen LogP contribution in [0.3, 0.4) is 0 Å². The van der Waals surface area contributed by atoms with E-state index in [1.165, 1.54) is 5.56 Å². The molecule has 13 heavy (non-hydrogen) atoms. The van der Waals surface area contributed by atoms with E-state index in [1.54, 1.807) is 0 Å². The molecule has 0 amide bonds. The van der Waals surface area contributed by atoms with E-state index in [4.69, 9.17) is 4.74 Å². The molecular weight excluding hydrogens is 164 g/mol. The van der Waals surface area contributed by atoms with Crippen LogP contribution in [0.1, 0.15) is 17.4 Å². The molecule has 2 heterocycles. The molecule has 0 radical (unpaired) electrons. The van der Waals surface area contributed by atoms with Crippen LogP contribution >= 0.6 is 0 Å². The highest BCUT2D eigenvalue weighted by molar-refractivity contribution is 5.16. The van der Waals surface area contributed by atoms with Crippen LogP contribution in [0.4, 0.5) is 0 Å².